The van der Waals surface area contributed by atoms with Gasteiger partial charge in [0.05, 0.1) is 14.2 Å². The zero-order valence-corrected chi connectivity index (χ0v) is 20.2. The lowest BCUT2D eigenvalue weighted by atomic mass is 9.58. The molecule has 4 nitrogen and oxygen atoms in total. The Balaban J connectivity index is 2.06. The molecule has 1 aliphatic carbocycles. The lowest BCUT2D eigenvalue weighted by Crippen LogP contribution is -2.44. The summed E-state index contributed by atoms with van der Waals surface area (Å²) < 4.78 is 52.6. The molecular formula is C26H36F3NO3. The van der Waals surface area contributed by atoms with Gasteiger partial charge in [-0.25, -0.2) is 0 Å². The van der Waals surface area contributed by atoms with E-state index in [4.69, 9.17) is 9.47 Å². The second-order valence-corrected chi connectivity index (χ2v) is 9.01. The van der Waals surface area contributed by atoms with E-state index in [0.717, 1.165) is 24.8 Å². The summed E-state index contributed by atoms with van der Waals surface area (Å²) in [7, 11) is 5.17. The standard InChI is InChI=1S/C26H36F3NO3/c1-19(2)25(21(13-17-31)8-6-9-24(25)26(27,28)29)14-7-15-30(3)16-12-20-10-11-22(32-4)23(18-20)33-5/h6,8-11,17-19,21H,7,12-16H2,1-5H3. The molecule has 1 aromatic rings. The van der Waals surface area contributed by atoms with Crippen molar-refractivity contribution in [3.8, 4) is 11.5 Å². The highest BCUT2D eigenvalue weighted by molar-refractivity contribution is 5.52. The average Bonchev–Trinajstić information content (AvgIpc) is 2.77. The van der Waals surface area contributed by atoms with Crippen molar-refractivity contribution in [3.63, 3.8) is 0 Å². The number of nitrogens with zero attached hydrogens (tertiary/aromatic N) is 1. The SMILES string of the molecule is COc1ccc(CCN(C)CCCC2(C(C)C)C(C(F)(F)F)=CC=CC2CC=O)cc1OC. The Labute approximate surface area is 195 Å². The molecule has 0 heterocycles. The van der Waals surface area contributed by atoms with Crippen molar-refractivity contribution in [1.29, 1.82) is 0 Å². The van der Waals surface area contributed by atoms with E-state index < -0.39 is 23.1 Å². The van der Waals surface area contributed by atoms with E-state index in [-0.39, 0.29) is 12.3 Å². The number of aldehydes is 1. The number of likely N-dealkylation sites (N-methyl/N-ethyl adjacent to an activating group) is 1. The fraction of sp³-hybridized carbons (Fsp3) is 0.577. The van der Waals surface area contributed by atoms with Crippen molar-refractivity contribution >= 4 is 6.29 Å². The quantitative estimate of drug-likeness (QED) is 0.361. The molecule has 0 aromatic heterocycles. The molecular weight excluding hydrogens is 431 g/mol. The Hall–Kier alpha value is -2.28. The first-order chi connectivity index (χ1) is 15.6. The van der Waals surface area contributed by atoms with Crippen LogP contribution in [-0.2, 0) is 11.2 Å². The molecule has 7 heteroatoms. The van der Waals surface area contributed by atoms with Crippen molar-refractivity contribution in [2.24, 2.45) is 17.3 Å². The molecule has 2 rings (SSSR count). The third kappa shape index (κ3) is 6.40. The van der Waals surface area contributed by atoms with E-state index in [1.54, 1.807) is 20.3 Å². The number of methoxy groups -OCH3 is 2. The van der Waals surface area contributed by atoms with Crippen LogP contribution in [0.4, 0.5) is 13.2 Å². The van der Waals surface area contributed by atoms with E-state index in [0.29, 0.717) is 30.9 Å². The van der Waals surface area contributed by atoms with E-state index in [9.17, 15) is 18.0 Å². The van der Waals surface area contributed by atoms with Crippen LogP contribution in [0.15, 0.2) is 42.0 Å². The monoisotopic (exact) mass is 467 g/mol. The summed E-state index contributed by atoms with van der Waals surface area (Å²) in [6.07, 6.45) is 2.60. The maximum atomic E-state index is 14.0. The lowest BCUT2D eigenvalue weighted by molar-refractivity contribution is -0.122. The minimum absolute atomic E-state index is 0.0945. The predicted octanol–water partition coefficient (Wildman–Crippen LogP) is 5.86. The van der Waals surface area contributed by atoms with E-state index in [2.05, 4.69) is 4.90 Å². The van der Waals surface area contributed by atoms with Gasteiger partial charge in [0.2, 0.25) is 0 Å². The summed E-state index contributed by atoms with van der Waals surface area (Å²) in [6.45, 7) is 5.10. The first kappa shape index (κ1) is 27.0. The molecule has 184 valence electrons. The first-order valence-corrected chi connectivity index (χ1v) is 11.4. The highest BCUT2D eigenvalue weighted by Crippen LogP contribution is 2.55. The maximum Gasteiger partial charge on any atom is 0.413 e. The van der Waals surface area contributed by atoms with Crippen LogP contribution < -0.4 is 9.47 Å². The summed E-state index contributed by atoms with van der Waals surface area (Å²) in [5.41, 5.74) is -0.505. The molecule has 0 radical (unpaired) electrons. The third-order valence-corrected chi connectivity index (χ3v) is 6.82. The minimum Gasteiger partial charge on any atom is -0.493 e. The Morgan fingerprint density at radius 3 is 2.42 bits per heavy atom. The zero-order valence-electron chi connectivity index (χ0n) is 20.2. The van der Waals surface area contributed by atoms with Gasteiger partial charge in [-0.3, -0.25) is 0 Å². The predicted molar refractivity (Wildman–Crippen MR) is 125 cm³/mol. The summed E-state index contributed by atoms with van der Waals surface area (Å²) in [5.74, 6) is 0.647. The number of rotatable bonds is 12. The van der Waals surface area contributed by atoms with Crippen LogP contribution in [0.3, 0.4) is 0 Å². The molecule has 0 N–H and O–H groups in total. The van der Waals surface area contributed by atoms with Gasteiger partial charge in [0, 0.05) is 24.0 Å². The van der Waals surface area contributed by atoms with Crippen LogP contribution >= 0.6 is 0 Å². The molecule has 2 unspecified atom stereocenters. The number of hydrogen-bond acceptors (Lipinski definition) is 4. The Morgan fingerprint density at radius 1 is 1.15 bits per heavy atom. The first-order valence-electron chi connectivity index (χ1n) is 11.4. The number of alkyl halides is 3. The number of allylic oxidation sites excluding steroid dienone is 4. The van der Waals surface area contributed by atoms with Crippen LogP contribution in [-0.4, -0.2) is 51.7 Å². The zero-order chi connectivity index (χ0) is 24.6. The van der Waals surface area contributed by atoms with E-state index in [1.165, 1.54) is 12.2 Å². The van der Waals surface area contributed by atoms with Gasteiger partial charge in [-0.2, -0.15) is 13.2 Å². The van der Waals surface area contributed by atoms with Crippen LogP contribution in [0.2, 0.25) is 0 Å². The highest BCUT2D eigenvalue weighted by atomic mass is 19.4. The topological polar surface area (TPSA) is 38.8 Å². The van der Waals surface area contributed by atoms with Gasteiger partial charge in [-0.1, -0.05) is 38.1 Å². The average molecular weight is 468 g/mol. The van der Waals surface area contributed by atoms with Gasteiger partial charge in [-0.15, -0.1) is 0 Å². The van der Waals surface area contributed by atoms with Crippen LogP contribution in [0.5, 0.6) is 11.5 Å². The smallest absolute Gasteiger partial charge is 0.413 e. The molecule has 2 atom stereocenters. The molecule has 33 heavy (non-hydrogen) atoms. The maximum absolute atomic E-state index is 14.0. The van der Waals surface area contributed by atoms with Gasteiger partial charge in [-0.05, 0) is 62.4 Å². The number of hydrogen-bond donors (Lipinski definition) is 0. The molecule has 0 saturated heterocycles. The normalized spacial score (nSPS) is 20.8. The fourth-order valence-electron chi connectivity index (χ4n) is 5.02. The van der Waals surface area contributed by atoms with E-state index >= 15 is 0 Å². The van der Waals surface area contributed by atoms with Crippen molar-refractivity contribution in [2.75, 3.05) is 34.4 Å². The molecule has 0 aliphatic heterocycles. The van der Waals surface area contributed by atoms with Gasteiger partial charge in [0.1, 0.15) is 6.29 Å². The van der Waals surface area contributed by atoms with Crippen LogP contribution in [0.25, 0.3) is 0 Å². The third-order valence-electron chi connectivity index (χ3n) is 6.82. The van der Waals surface area contributed by atoms with Crippen molar-refractivity contribution < 1.29 is 27.4 Å². The van der Waals surface area contributed by atoms with Crippen molar-refractivity contribution in [3.05, 3.63) is 47.6 Å². The summed E-state index contributed by atoms with van der Waals surface area (Å²) in [4.78, 5) is 13.4. The summed E-state index contributed by atoms with van der Waals surface area (Å²) in [6, 6.07) is 5.80. The number of carbonyl (C=O) groups is 1. The van der Waals surface area contributed by atoms with E-state index in [1.807, 2.05) is 39.1 Å². The Kier molecular flexibility index (Phi) is 9.58. The van der Waals surface area contributed by atoms with Crippen molar-refractivity contribution in [1.82, 2.24) is 4.90 Å². The summed E-state index contributed by atoms with van der Waals surface area (Å²) in [5, 5.41) is 0. The van der Waals surface area contributed by atoms with Crippen LogP contribution in [0.1, 0.15) is 38.7 Å². The molecule has 0 spiro atoms. The number of carbonyl (C=O) groups excluding carboxylic acids is 1. The lowest BCUT2D eigenvalue weighted by Gasteiger charge is -2.47. The van der Waals surface area contributed by atoms with Gasteiger partial charge < -0.3 is 19.2 Å². The molecule has 0 bridgehead atoms. The number of benzene rings is 1. The molecule has 0 fully saturated rings. The van der Waals surface area contributed by atoms with Gasteiger partial charge in [0.15, 0.2) is 11.5 Å². The molecule has 0 saturated carbocycles. The summed E-state index contributed by atoms with van der Waals surface area (Å²) >= 11 is 0. The molecule has 0 amide bonds. The highest BCUT2D eigenvalue weighted by Gasteiger charge is 2.53. The van der Waals surface area contributed by atoms with Gasteiger partial charge in [0.25, 0.3) is 0 Å². The fourth-order valence-corrected chi connectivity index (χ4v) is 5.02. The second-order valence-electron chi connectivity index (χ2n) is 9.01. The Morgan fingerprint density at radius 2 is 1.85 bits per heavy atom. The minimum atomic E-state index is -4.42. The van der Waals surface area contributed by atoms with Crippen LogP contribution in [0, 0.1) is 17.3 Å². The van der Waals surface area contributed by atoms with Gasteiger partial charge >= 0.3 is 6.18 Å². The number of ether oxygens (including phenoxy) is 2. The van der Waals surface area contributed by atoms with Crippen molar-refractivity contribution in [2.45, 2.75) is 45.7 Å². The number of halogens is 3. The molecule has 1 aliphatic rings. The molecule has 1 aromatic carbocycles. The largest absolute Gasteiger partial charge is 0.493 e. The Bertz CT molecular complexity index is 848. The second kappa shape index (κ2) is 11.7.